The molecule has 1 fully saturated rings. The second kappa shape index (κ2) is 6.20. The van der Waals surface area contributed by atoms with E-state index in [0.717, 1.165) is 19.3 Å². The Morgan fingerprint density at radius 2 is 2.00 bits per heavy atom. The van der Waals surface area contributed by atoms with Gasteiger partial charge in [0.15, 0.2) is 0 Å². The van der Waals surface area contributed by atoms with E-state index in [0.29, 0.717) is 18.8 Å². The van der Waals surface area contributed by atoms with Crippen LogP contribution < -0.4 is 0 Å². The molecule has 0 unspecified atom stereocenters. The molecule has 0 aromatic heterocycles. The first-order chi connectivity index (χ1) is 9.07. The highest BCUT2D eigenvalue weighted by Gasteiger charge is 2.35. The second-order valence-electron chi connectivity index (χ2n) is 4.67. The molecule has 19 heavy (non-hydrogen) atoms. The molecular weight excluding hydrogens is 289 g/mol. The fourth-order valence-electron chi connectivity index (χ4n) is 2.17. The molecule has 1 aromatic rings. The normalized spacial score (nSPS) is 16.6. The van der Waals surface area contributed by atoms with Crippen LogP contribution in [0.25, 0.3) is 0 Å². The largest absolute Gasteiger partial charge is 0.246 e. The smallest absolute Gasteiger partial charge is 0.207 e. The molecule has 0 radical (unpaired) electrons. The number of benzene rings is 1. The molecule has 2 rings (SSSR count). The Morgan fingerprint density at radius 1 is 1.32 bits per heavy atom. The van der Waals surface area contributed by atoms with Crippen molar-refractivity contribution in [3.63, 3.8) is 0 Å². The summed E-state index contributed by atoms with van der Waals surface area (Å²) in [4.78, 5) is -0.239. The average Bonchev–Trinajstić information content (AvgIpc) is 2.32. The minimum Gasteiger partial charge on any atom is -0.207 e. The van der Waals surface area contributed by atoms with Gasteiger partial charge in [-0.05, 0) is 31.4 Å². The summed E-state index contributed by atoms with van der Waals surface area (Å²) in [6.45, 7) is 0.352. The van der Waals surface area contributed by atoms with E-state index >= 15 is 0 Å². The molecule has 0 spiro atoms. The van der Waals surface area contributed by atoms with Gasteiger partial charge in [-0.25, -0.2) is 12.8 Å². The van der Waals surface area contributed by atoms with Gasteiger partial charge in [-0.3, -0.25) is 0 Å². The van der Waals surface area contributed by atoms with Crippen LogP contribution in [-0.4, -0.2) is 31.2 Å². The maximum absolute atomic E-state index is 13.7. The molecule has 1 saturated carbocycles. The molecule has 0 aliphatic heterocycles. The van der Waals surface area contributed by atoms with Crippen molar-refractivity contribution < 1.29 is 12.8 Å². The summed E-state index contributed by atoms with van der Waals surface area (Å²) in [5, 5.41) is 0. The number of hydrogen-bond donors (Lipinski definition) is 0. The Balaban J connectivity index is 2.31. The zero-order valence-corrected chi connectivity index (χ0v) is 12.1. The summed E-state index contributed by atoms with van der Waals surface area (Å²) >= 11 is 5.64. The van der Waals surface area contributed by atoms with Gasteiger partial charge in [0, 0.05) is 18.5 Å². The van der Waals surface area contributed by atoms with Gasteiger partial charge in [0.05, 0.1) is 0 Å². The zero-order valence-electron chi connectivity index (χ0n) is 10.6. The lowest BCUT2D eigenvalue weighted by molar-refractivity contribution is 0.219. The Hall–Kier alpha value is -0.650. The van der Waals surface area contributed by atoms with Crippen LogP contribution in [0.2, 0.25) is 0 Å². The summed E-state index contributed by atoms with van der Waals surface area (Å²) in [7, 11) is -3.76. The molecule has 1 aliphatic carbocycles. The SMILES string of the molecule is O=S(=O)(c1ccccc1F)N(CCCCl)C1CCC1. The maximum atomic E-state index is 13.7. The molecule has 106 valence electrons. The highest BCUT2D eigenvalue weighted by molar-refractivity contribution is 7.89. The van der Waals surface area contributed by atoms with Crippen LogP contribution >= 0.6 is 11.6 Å². The maximum Gasteiger partial charge on any atom is 0.246 e. The third kappa shape index (κ3) is 3.09. The zero-order chi connectivity index (χ0) is 13.9. The predicted octanol–water partition coefficient (Wildman–Crippen LogP) is 3.00. The van der Waals surface area contributed by atoms with Gasteiger partial charge in [-0.2, -0.15) is 4.31 Å². The van der Waals surface area contributed by atoms with Crippen LogP contribution in [0, 0.1) is 5.82 Å². The van der Waals surface area contributed by atoms with Gasteiger partial charge in [0.1, 0.15) is 10.7 Å². The third-order valence-electron chi connectivity index (χ3n) is 3.42. The fourth-order valence-corrected chi connectivity index (χ4v) is 4.08. The Morgan fingerprint density at radius 3 is 2.53 bits per heavy atom. The van der Waals surface area contributed by atoms with Crippen molar-refractivity contribution in [2.75, 3.05) is 12.4 Å². The van der Waals surface area contributed by atoms with Crippen LogP contribution in [0.5, 0.6) is 0 Å². The van der Waals surface area contributed by atoms with Gasteiger partial charge in [0.25, 0.3) is 0 Å². The van der Waals surface area contributed by atoms with Gasteiger partial charge in [-0.15, -0.1) is 11.6 Å². The van der Waals surface area contributed by atoms with Crippen LogP contribution in [0.4, 0.5) is 4.39 Å². The number of rotatable bonds is 6. The van der Waals surface area contributed by atoms with E-state index in [-0.39, 0.29) is 10.9 Å². The van der Waals surface area contributed by atoms with E-state index in [1.54, 1.807) is 0 Å². The van der Waals surface area contributed by atoms with Gasteiger partial charge < -0.3 is 0 Å². The highest BCUT2D eigenvalue weighted by atomic mass is 35.5. The van der Waals surface area contributed by atoms with E-state index in [2.05, 4.69) is 0 Å². The van der Waals surface area contributed by atoms with Crippen molar-refractivity contribution in [3.8, 4) is 0 Å². The highest BCUT2D eigenvalue weighted by Crippen LogP contribution is 2.30. The number of nitrogens with zero attached hydrogens (tertiary/aromatic N) is 1. The minimum atomic E-state index is -3.76. The lowest BCUT2D eigenvalue weighted by Crippen LogP contribution is -2.45. The summed E-state index contributed by atoms with van der Waals surface area (Å²) in [5.41, 5.74) is 0. The van der Waals surface area contributed by atoms with Gasteiger partial charge >= 0.3 is 0 Å². The van der Waals surface area contributed by atoms with Crippen molar-refractivity contribution >= 4 is 21.6 Å². The number of halogens is 2. The first-order valence-corrected chi connectivity index (χ1v) is 8.37. The van der Waals surface area contributed by atoms with Gasteiger partial charge in [0.2, 0.25) is 10.0 Å². The lowest BCUT2D eigenvalue weighted by Gasteiger charge is -2.36. The Kier molecular flexibility index (Phi) is 4.81. The average molecular weight is 306 g/mol. The standard InChI is InChI=1S/C13H17ClFNO2S/c14-9-4-10-16(11-5-3-6-11)19(17,18)13-8-2-1-7-12(13)15/h1-2,7-8,11H,3-6,9-10H2. The molecule has 0 bridgehead atoms. The molecule has 1 aromatic carbocycles. The topological polar surface area (TPSA) is 37.4 Å². The fraction of sp³-hybridized carbons (Fsp3) is 0.538. The third-order valence-corrected chi connectivity index (χ3v) is 5.67. The lowest BCUT2D eigenvalue weighted by atomic mass is 9.93. The monoisotopic (exact) mass is 305 g/mol. The van der Waals surface area contributed by atoms with Crippen molar-refractivity contribution in [1.82, 2.24) is 4.31 Å². The van der Waals surface area contributed by atoms with Crippen LogP contribution in [0.3, 0.4) is 0 Å². The summed E-state index contributed by atoms with van der Waals surface area (Å²) in [6, 6.07) is 5.51. The van der Waals surface area contributed by atoms with Gasteiger partial charge in [-0.1, -0.05) is 18.6 Å². The molecule has 0 atom stereocenters. The molecule has 6 heteroatoms. The van der Waals surface area contributed by atoms with Crippen molar-refractivity contribution in [2.24, 2.45) is 0 Å². The molecule has 0 saturated heterocycles. The van der Waals surface area contributed by atoms with E-state index in [9.17, 15) is 12.8 Å². The van der Waals surface area contributed by atoms with Crippen molar-refractivity contribution in [1.29, 1.82) is 0 Å². The van der Waals surface area contributed by atoms with E-state index < -0.39 is 15.8 Å². The molecule has 0 heterocycles. The first-order valence-electron chi connectivity index (χ1n) is 6.39. The van der Waals surface area contributed by atoms with E-state index in [1.165, 1.54) is 28.6 Å². The minimum absolute atomic E-state index is 0.00665. The molecule has 0 N–H and O–H groups in total. The number of alkyl halides is 1. The van der Waals surface area contributed by atoms with Crippen molar-refractivity contribution in [2.45, 2.75) is 36.6 Å². The predicted molar refractivity (Wildman–Crippen MR) is 73.3 cm³/mol. The van der Waals surface area contributed by atoms with E-state index in [1.807, 2.05) is 0 Å². The van der Waals surface area contributed by atoms with Crippen LogP contribution in [-0.2, 0) is 10.0 Å². The van der Waals surface area contributed by atoms with Crippen molar-refractivity contribution in [3.05, 3.63) is 30.1 Å². The quantitative estimate of drug-likeness (QED) is 0.758. The molecule has 1 aliphatic rings. The number of sulfonamides is 1. The van der Waals surface area contributed by atoms with Crippen LogP contribution in [0.1, 0.15) is 25.7 Å². The first kappa shape index (κ1) is 14.8. The second-order valence-corrected chi connectivity index (χ2v) is 6.91. The van der Waals surface area contributed by atoms with Crippen LogP contribution in [0.15, 0.2) is 29.2 Å². The Labute approximate surface area is 118 Å². The molecule has 3 nitrogen and oxygen atoms in total. The molecule has 0 amide bonds. The summed E-state index contributed by atoms with van der Waals surface area (Å²) in [6.07, 6.45) is 3.28. The summed E-state index contributed by atoms with van der Waals surface area (Å²) < 4.78 is 40.2. The molecular formula is C13H17ClFNO2S. The Bertz CT molecular complexity index is 531. The van der Waals surface area contributed by atoms with E-state index in [4.69, 9.17) is 11.6 Å². The number of hydrogen-bond acceptors (Lipinski definition) is 2. The summed E-state index contributed by atoms with van der Waals surface area (Å²) in [5.74, 6) is -0.298.